The SMILES string of the molecule is C[C@@H](NC(N)=O)C(=O)NCc1ccnc(OCc2ccccc2)c1. The highest BCUT2D eigenvalue weighted by atomic mass is 16.5. The van der Waals surface area contributed by atoms with Crippen LogP contribution in [0.1, 0.15) is 18.1 Å². The monoisotopic (exact) mass is 328 g/mol. The zero-order chi connectivity index (χ0) is 17.4. The highest BCUT2D eigenvalue weighted by molar-refractivity contribution is 5.86. The molecular weight excluding hydrogens is 308 g/mol. The van der Waals surface area contributed by atoms with Gasteiger partial charge in [-0.15, -0.1) is 0 Å². The molecule has 1 aromatic carbocycles. The maximum Gasteiger partial charge on any atom is 0.312 e. The highest BCUT2D eigenvalue weighted by Crippen LogP contribution is 2.11. The number of benzene rings is 1. The molecule has 2 aromatic rings. The normalized spacial score (nSPS) is 11.4. The standard InChI is InChI=1S/C17H20N4O3/c1-12(21-17(18)23)16(22)20-10-14-7-8-19-15(9-14)24-11-13-5-3-2-4-6-13/h2-9,12H,10-11H2,1H3,(H,20,22)(H3,18,21,23)/t12-/m1/s1. The number of nitrogens with two attached hydrogens (primary N) is 1. The number of rotatable bonds is 7. The third kappa shape index (κ3) is 5.60. The summed E-state index contributed by atoms with van der Waals surface area (Å²) >= 11 is 0. The number of primary amides is 1. The largest absolute Gasteiger partial charge is 0.473 e. The number of pyridine rings is 1. The van der Waals surface area contributed by atoms with E-state index in [1.54, 1.807) is 25.3 Å². The maximum atomic E-state index is 11.8. The molecule has 0 unspecified atom stereocenters. The predicted molar refractivity (Wildman–Crippen MR) is 89.0 cm³/mol. The number of nitrogens with one attached hydrogen (secondary N) is 2. The summed E-state index contributed by atoms with van der Waals surface area (Å²) in [7, 11) is 0. The second-order valence-electron chi connectivity index (χ2n) is 5.22. The number of hydrogen-bond donors (Lipinski definition) is 3. The predicted octanol–water partition coefficient (Wildman–Crippen LogP) is 1.33. The van der Waals surface area contributed by atoms with Gasteiger partial charge in [-0.05, 0) is 24.1 Å². The van der Waals surface area contributed by atoms with Crippen molar-refractivity contribution in [2.24, 2.45) is 5.73 Å². The first-order valence-corrected chi connectivity index (χ1v) is 7.50. The zero-order valence-electron chi connectivity index (χ0n) is 13.4. The lowest BCUT2D eigenvalue weighted by atomic mass is 10.2. The van der Waals surface area contributed by atoms with Crippen LogP contribution < -0.4 is 21.1 Å². The molecule has 7 nitrogen and oxygen atoms in total. The van der Waals surface area contributed by atoms with E-state index < -0.39 is 12.1 Å². The topological polar surface area (TPSA) is 106 Å². The Morgan fingerprint density at radius 1 is 1.21 bits per heavy atom. The molecule has 0 radical (unpaired) electrons. The van der Waals surface area contributed by atoms with E-state index in [1.165, 1.54) is 0 Å². The van der Waals surface area contributed by atoms with Crippen molar-refractivity contribution in [1.29, 1.82) is 0 Å². The van der Waals surface area contributed by atoms with E-state index in [-0.39, 0.29) is 5.91 Å². The van der Waals surface area contributed by atoms with E-state index >= 15 is 0 Å². The third-order valence-corrected chi connectivity index (χ3v) is 3.25. The molecule has 1 heterocycles. The van der Waals surface area contributed by atoms with Crippen molar-refractivity contribution in [3.05, 3.63) is 59.8 Å². The number of carbonyl (C=O) groups excluding carboxylic acids is 2. The Hall–Kier alpha value is -3.09. The van der Waals surface area contributed by atoms with E-state index in [0.29, 0.717) is 19.0 Å². The quantitative estimate of drug-likeness (QED) is 0.713. The maximum absolute atomic E-state index is 11.8. The molecule has 0 aliphatic carbocycles. The van der Waals surface area contributed by atoms with Gasteiger partial charge < -0.3 is 21.1 Å². The van der Waals surface area contributed by atoms with E-state index in [4.69, 9.17) is 10.5 Å². The first-order valence-electron chi connectivity index (χ1n) is 7.50. The molecule has 126 valence electrons. The van der Waals surface area contributed by atoms with Crippen LogP contribution in [0.3, 0.4) is 0 Å². The summed E-state index contributed by atoms with van der Waals surface area (Å²) in [6, 6.07) is 11.9. The van der Waals surface area contributed by atoms with Gasteiger partial charge in [-0.1, -0.05) is 30.3 Å². The lowest BCUT2D eigenvalue weighted by molar-refractivity contribution is -0.122. The number of hydrogen-bond acceptors (Lipinski definition) is 4. The average Bonchev–Trinajstić information content (AvgIpc) is 2.58. The number of amides is 3. The Morgan fingerprint density at radius 3 is 2.67 bits per heavy atom. The molecule has 1 aromatic heterocycles. The Bertz CT molecular complexity index is 691. The molecule has 0 saturated heterocycles. The summed E-state index contributed by atoms with van der Waals surface area (Å²) in [5.74, 6) is 0.159. The van der Waals surface area contributed by atoms with Gasteiger partial charge in [-0.25, -0.2) is 9.78 Å². The van der Waals surface area contributed by atoms with Crippen LogP contribution in [0.5, 0.6) is 5.88 Å². The minimum Gasteiger partial charge on any atom is -0.473 e. The van der Waals surface area contributed by atoms with Gasteiger partial charge in [0.05, 0.1) is 0 Å². The molecule has 4 N–H and O–H groups in total. The van der Waals surface area contributed by atoms with Crippen molar-refractivity contribution in [2.45, 2.75) is 26.1 Å². The Morgan fingerprint density at radius 2 is 1.96 bits per heavy atom. The van der Waals surface area contributed by atoms with Gasteiger partial charge in [0.15, 0.2) is 0 Å². The average molecular weight is 328 g/mol. The molecule has 0 fully saturated rings. The fourth-order valence-electron chi connectivity index (χ4n) is 1.99. The van der Waals surface area contributed by atoms with Crippen LogP contribution in [0.4, 0.5) is 4.79 Å². The van der Waals surface area contributed by atoms with Crippen LogP contribution in [0, 0.1) is 0 Å². The smallest absolute Gasteiger partial charge is 0.312 e. The molecule has 7 heteroatoms. The van der Waals surface area contributed by atoms with Crippen molar-refractivity contribution in [3.63, 3.8) is 0 Å². The van der Waals surface area contributed by atoms with E-state index in [2.05, 4.69) is 15.6 Å². The molecule has 0 aliphatic rings. The second-order valence-corrected chi connectivity index (χ2v) is 5.22. The first-order chi connectivity index (χ1) is 11.5. The highest BCUT2D eigenvalue weighted by Gasteiger charge is 2.13. The molecule has 2 rings (SSSR count). The van der Waals surface area contributed by atoms with Gasteiger partial charge in [-0.3, -0.25) is 4.79 Å². The van der Waals surface area contributed by atoms with Crippen LogP contribution in [0.15, 0.2) is 48.7 Å². The number of nitrogens with zero attached hydrogens (tertiary/aromatic N) is 1. The molecule has 0 saturated carbocycles. The van der Waals surface area contributed by atoms with Crippen LogP contribution in [0.25, 0.3) is 0 Å². The summed E-state index contributed by atoms with van der Waals surface area (Å²) in [4.78, 5) is 26.7. The summed E-state index contributed by atoms with van der Waals surface area (Å²) in [5.41, 5.74) is 6.87. The minimum absolute atomic E-state index is 0.299. The van der Waals surface area contributed by atoms with E-state index in [1.807, 2.05) is 30.3 Å². The number of aromatic nitrogens is 1. The molecule has 3 amide bonds. The third-order valence-electron chi connectivity index (χ3n) is 3.25. The van der Waals surface area contributed by atoms with Gasteiger partial charge in [-0.2, -0.15) is 0 Å². The number of ether oxygens (including phenoxy) is 1. The van der Waals surface area contributed by atoms with Gasteiger partial charge in [0, 0.05) is 18.8 Å². The lowest BCUT2D eigenvalue weighted by Crippen LogP contribution is -2.46. The fourth-order valence-corrected chi connectivity index (χ4v) is 1.99. The van der Waals surface area contributed by atoms with Crippen molar-refractivity contribution in [2.75, 3.05) is 0 Å². The van der Waals surface area contributed by atoms with Gasteiger partial charge >= 0.3 is 6.03 Å². The molecule has 24 heavy (non-hydrogen) atoms. The fraction of sp³-hybridized carbons (Fsp3) is 0.235. The number of urea groups is 1. The summed E-state index contributed by atoms with van der Waals surface area (Å²) < 4.78 is 5.64. The van der Waals surface area contributed by atoms with Crippen LogP contribution in [-0.2, 0) is 17.9 Å². The van der Waals surface area contributed by atoms with Gasteiger partial charge in [0.2, 0.25) is 11.8 Å². The van der Waals surface area contributed by atoms with Gasteiger partial charge in [0.1, 0.15) is 12.6 Å². The van der Waals surface area contributed by atoms with Crippen LogP contribution in [0.2, 0.25) is 0 Å². The molecule has 0 bridgehead atoms. The second kappa shape index (κ2) is 8.52. The Kier molecular flexibility index (Phi) is 6.13. The van der Waals surface area contributed by atoms with Crippen LogP contribution >= 0.6 is 0 Å². The van der Waals surface area contributed by atoms with E-state index in [9.17, 15) is 9.59 Å². The van der Waals surface area contributed by atoms with Crippen LogP contribution in [-0.4, -0.2) is 23.0 Å². The Labute approximate surface area is 140 Å². The molecule has 0 spiro atoms. The van der Waals surface area contributed by atoms with Gasteiger partial charge in [0.25, 0.3) is 0 Å². The van der Waals surface area contributed by atoms with Crippen molar-refractivity contribution in [3.8, 4) is 5.88 Å². The molecule has 1 atom stereocenters. The summed E-state index contributed by atoms with van der Waals surface area (Å²) in [5, 5.41) is 5.03. The summed E-state index contributed by atoms with van der Waals surface area (Å²) in [6.45, 7) is 2.28. The van der Waals surface area contributed by atoms with Crippen molar-refractivity contribution >= 4 is 11.9 Å². The molecule has 0 aliphatic heterocycles. The lowest BCUT2D eigenvalue weighted by Gasteiger charge is -2.13. The van der Waals surface area contributed by atoms with Crippen molar-refractivity contribution < 1.29 is 14.3 Å². The zero-order valence-corrected chi connectivity index (χ0v) is 13.4. The van der Waals surface area contributed by atoms with Crippen molar-refractivity contribution in [1.82, 2.24) is 15.6 Å². The Balaban J connectivity index is 1.86. The summed E-state index contributed by atoms with van der Waals surface area (Å²) in [6.07, 6.45) is 1.62. The number of carbonyl (C=O) groups is 2. The first kappa shape index (κ1) is 17.3. The molecular formula is C17H20N4O3. The van der Waals surface area contributed by atoms with E-state index in [0.717, 1.165) is 11.1 Å². The minimum atomic E-state index is -0.738.